The first kappa shape index (κ1) is 17.6. The quantitative estimate of drug-likeness (QED) is 0.631. The van der Waals surface area contributed by atoms with Gasteiger partial charge in [0.1, 0.15) is 5.82 Å². The average Bonchev–Trinajstić information content (AvgIpc) is 3.01. The summed E-state index contributed by atoms with van der Waals surface area (Å²) in [5.41, 5.74) is 2.37. The summed E-state index contributed by atoms with van der Waals surface area (Å²) in [6, 6.07) is 11.0. The molecule has 0 saturated heterocycles. The Morgan fingerprint density at radius 1 is 1.24 bits per heavy atom. The molecule has 3 aromatic rings. The van der Waals surface area contributed by atoms with Crippen molar-refractivity contribution in [1.82, 2.24) is 15.3 Å². The zero-order chi connectivity index (χ0) is 17.8. The van der Waals surface area contributed by atoms with E-state index in [2.05, 4.69) is 15.3 Å². The van der Waals surface area contributed by atoms with Crippen LogP contribution in [-0.2, 0) is 6.42 Å². The van der Waals surface area contributed by atoms with Gasteiger partial charge in [-0.05, 0) is 30.7 Å². The maximum absolute atomic E-state index is 12.2. The Morgan fingerprint density at radius 3 is 2.64 bits per heavy atom. The number of amides is 1. The van der Waals surface area contributed by atoms with Gasteiger partial charge < -0.3 is 15.0 Å². The van der Waals surface area contributed by atoms with Crippen molar-refractivity contribution in [3.8, 4) is 5.75 Å². The molecule has 0 fully saturated rings. The van der Waals surface area contributed by atoms with Crippen LogP contribution >= 0.6 is 23.2 Å². The van der Waals surface area contributed by atoms with Crippen LogP contribution in [0.1, 0.15) is 22.6 Å². The molecular weight excluding hydrogens is 361 g/mol. The van der Waals surface area contributed by atoms with Crippen molar-refractivity contribution in [3.63, 3.8) is 0 Å². The molecule has 1 heterocycles. The SMILES string of the molecule is COc1c(Cl)cc(C(=O)NCCCc2nc3ccccc3[nH]2)cc1Cl. The minimum Gasteiger partial charge on any atom is -0.494 e. The molecule has 5 nitrogen and oxygen atoms in total. The van der Waals surface area contributed by atoms with Gasteiger partial charge in [0.25, 0.3) is 5.91 Å². The summed E-state index contributed by atoms with van der Waals surface area (Å²) in [5.74, 6) is 1.05. The minimum absolute atomic E-state index is 0.226. The Labute approximate surface area is 155 Å². The van der Waals surface area contributed by atoms with Crippen LogP contribution in [0, 0.1) is 0 Å². The number of carbonyl (C=O) groups is 1. The van der Waals surface area contributed by atoms with Gasteiger partial charge in [-0.2, -0.15) is 0 Å². The summed E-state index contributed by atoms with van der Waals surface area (Å²) < 4.78 is 5.08. The second kappa shape index (κ2) is 7.76. The number of ether oxygens (including phenoxy) is 1. The predicted octanol–water partition coefficient (Wildman–Crippen LogP) is 4.24. The Kier molecular flexibility index (Phi) is 5.46. The minimum atomic E-state index is -0.226. The van der Waals surface area contributed by atoms with E-state index in [1.807, 2.05) is 24.3 Å². The molecule has 130 valence electrons. The van der Waals surface area contributed by atoms with Gasteiger partial charge in [0.2, 0.25) is 0 Å². The first-order valence-electron chi connectivity index (χ1n) is 7.83. The zero-order valence-electron chi connectivity index (χ0n) is 13.6. The highest BCUT2D eigenvalue weighted by atomic mass is 35.5. The molecule has 1 amide bonds. The van der Waals surface area contributed by atoms with E-state index in [1.54, 1.807) is 12.1 Å². The van der Waals surface area contributed by atoms with E-state index < -0.39 is 0 Å². The highest BCUT2D eigenvalue weighted by Gasteiger charge is 2.13. The van der Waals surface area contributed by atoms with E-state index in [4.69, 9.17) is 27.9 Å². The fraction of sp³-hybridized carbons (Fsp3) is 0.222. The topological polar surface area (TPSA) is 67.0 Å². The number of benzene rings is 2. The summed E-state index contributed by atoms with van der Waals surface area (Å²) in [4.78, 5) is 20.0. The molecule has 0 unspecified atom stereocenters. The Balaban J connectivity index is 1.54. The number of hydrogen-bond donors (Lipinski definition) is 2. The molecule has 0 atom stereocenters. The number of aromatic nitrogens is 2. The van der Waals surface area contributed by atoms with Crippen LogP contribution in [0.3, 0.4) is 0 Å². The van der Waals surface area contributed by atoms with Crippen LogP contribution < -0.4 is 10.1 Å². The number of nitrogens with zero attached hydrogens (tertiary/aromatic N) is 1. The third-order valence-corrected chi connectivity index (χ3v) is 4.34. The van der Waals surface area contributed by atoms with Crippen molar-refractivity contribution >= 4 is 40.1 Å². The fourth-order valence-electron chi connectivity index (χ4n) is 2.57. The molecule has 0 saturated carbocycles. The van der Waals surface area contributed by atoms with Crippen LogP contribution in [0.5, 0.6) is 5.75 Å². The van der Waals surface area contributed by atoms with Gasteiger partial charge in [-0.15, -0.1) is 0 Å². The number of hydrogen-bond acceptors (Lipinski definition) is 3. The molecule has 0 radical (unpaired) electrons. The van der Waals surface area contributed by atoms with Crippen molar-refractivity contribution in [3.05, 3.63) is 57.8 Å². The number of rotatable bonds is 6. The lowest BCUT2D eigenvalue weighted by atomic mass is 10.2. The Morgan fingerprint density at radius 2 is 1.96 bits per heavy atom. The standard InChI is InChI=1S/C18H17Cl2N3O2/c1-25-17-12(19)9-11(10-13(17)20)18(24)21-8-4-7-16-22-14-5-2-3-6-15(14)23-16/h2-3,5-6,9-10H,4,7-8H2,1H3,(H,21,24)(H,22,23). The molecule has 1 aromatic heterocycles. The molecule has 7 heteroatoms. The number of carbonyl (C=O) groups excluding carboxylic acids is 1. The highest BCUT2D eigenvalue weighted by Crippen LogP contribution is 2.33. The molecule has 2 aromatic carbocycles. The van der Waals surface area contributed by atoms with Crippen molar-refractivity contribution < 1.29 is 9.53 Å². The van der Waals surface area contributed by atoms with Crippen LogP contribution in [0.15, 0.2) is 36.4 Å². The second-order valence-corrected chi connectivity index (χ2v) is 6.35. The predicted molar refractivity (Wildman–Crippen MR) is 99.8 cm³/mol. The number of aromatic amines is 1. The first-order chi connectivity index (χ1) is 12.1. The van der Waals surface area contributed by atoms with E-state index in [0.29, 0.717) is 27.9 Å². The molecule has 0 aliphatic carbocycles. The summed E-state index contributed by atoms with van der Waals surface area (Å²) in [6.07, 6.45) is 1.52. The Bertz CT molecular complexity index is 852. The van der Waals surface area contributed by atoms with Gasteiger partial charge in [0, 0.05) is 18.5 Å². The largest absolute Gasteiger partial charge is 0.494 e. The number of fused-ring (bicyclic) bond motifs is 1. The normalized spacial score (nSPS) is 10.8. The first-order valence-corrected chi connectivity index (χ1v) is 8.59. The molecule has 0 spiro atoms. The molecule has 3 rings (SSSR count). The van der Waals surface area contributed by atoms with Gasteiger partial charge >= 0.3 is 0 Å². The second-order valence-electron chi connectivity index (χ2n) is 5.53. The van der Waals surface area contributed by atoms with E-state index in [0.717, 1.165) is 29.7 Å². The number of imidazole rings is 1. The van der Waals surface area contributed by atoms with E-state index in [9.17, 15) is 4.79 Å². The monoisotopic (exact) mass is 377 g/mol. The maximum atomic E-state index is 12.2. The van der Waals surface area contributed by atoms with Crippen molar-refractivity contribution in [2.75, 3.05) is 13.7 Å². The van der Waals surface area contributed by atoms with Crippen LogP contribution in [0.4, 0.5) is 0 Å². The van der Waals surface area contributed by atoms with Gasteiger partial charge in [-0.25, -0.2) is 4.98 Å². The lowest BCUT2D eigenvalue weighted by molar-refractivity contribution is 0.0953. The Hall–Kier alpha value is -2.24. The maximum Gasteiger partial charge on any atom is 0.251 e. The van der Waals surface area contributed by atoms with E-state index in [1.165, 1.54) is 7.11 Å². The lowest BCUT2D eigenvalue weighted by Gasteiger charge is -2.09. The summed E-state index contributed by atoms with van der Waals surface area (Å²) >= 11 is 12.1. The van der Waals surface area contributed by atoms with Gasteiger partial charge in [-0.3, -0.25) is 4.79 Å². The number of H-pyrrole nitrogens is 1. The summed E-state index contributed by atoms with van der Waals surface area (Å²) in [5, 5.41) is 3.47. The molecule has 2 N–H and O–H groups in total. The van der Waals surface area contributed by atoms with Crippen LogP contribution in [0.2, 0.25) is 10.0 Å². The number of para-hydroxylation sites is 2. The average molecular weight is 378 g/mol. The number of methoxy groups -OCH3 is 1. The number of aryl methyl sites for hydroxylation is 1. The summed E-state index contributed by atoms with van der Waals surface area (Å²) in [6.45, 7) is 0.525. The van der Waals surface area contributed by atoms with Crippen molar-refractivity contribution in [1.29, 1.82) is 0 Å². The molecule has 0 aliphatic heterocycles. The third kappa shape index (κ3) is 4.06. The van der Waals surface area contributed by atoms with Crippen molar-refractivity contribution in [2.45, 2.75) is 12.8 Å². The zero-order valence-corrected chi connectivity index (χ0v) is 15.1. The molecule has 0 bridgehead atoms. The van der Waals surface area contributed by atoms with E-state index >= 15 is 0 Å². The molecule has 0 aliphatic rings. The number of nitrogens with one attached hydrogen (secondary N) is 2. The van der Waals surface area contributed by atoms with Gasteiger partial charge in [-0.1, -0.05) is 35.3 Å². The third-order valence-electron chi connectivity index (χ3n) is 3.78. The molecule has 25 heavy (non-hydrogen) atoms. The van der Waals surface area contributed by atoms with Gasteiger partial charge in [0.05, 0.1) is 28.2 Å². The smallest absolute Gasteiger partial charge is 0.251 e. The fourth-order valence-corrected chi connectivity index (χ4v) is 3.21. The summed E-state index contributed by atoms with van der Waals surface area (Å²) in [7, 11) is 1.48. The van der Waals surface area contributed by atoms with Crippen LogP contribution in [-0.4, -0.2) is 29.5 Å². The van der Waals surface area contributed by atoms with E-state index in [-0.39, 0.29) is 5.91 Å². The molecular formula is C18H17Cl2N3O2. The van der Waals surface area contributed by atoms with Crippen molar-refractivity contribution in [2.24, 2.45) is 0 Å². The van der Waals surface area contributed by atoms with Gasteiger partial charge in [0.15, 0.2) is 5.75 Å². The van der Waals surface area contributed by atoms with Crippen LogP contribution in [0.25, 0.3) is 11.0 Å². The lowest BCUT2D eigenvalue weighted by Crippen LogP contribution is -2.24. The highest BCUT2D eigenvalue weighted by molar-refractivity contribution is 6.37. The number of halogens is 2.